The molecule has 0 amide bonds. The first-order valence-corrected chi connectivity index (χ1v) is 9.65. The highest BCUT2D eigenvalue weighted by Gasteiger charge is 2.46. The first kappa shape index (κ1) is 21.2. The summed E-state index contributed by atoms with van der Waals surface area (Å²) in [7, 11) is 0. The second-order valence-electron chi connectivity index (χ2n) is 7.93. The number of hydrogen-bond donors (Lipinski definition) is 1. The average molecular weight is 408 g/mol. The summed E-state index contributed by atoms with van der Waals surface area (Å²) in [6, 6.07) is 14.6. The Morgan fingerprint density at radius 3 is 2.40 bits per heavy atom. The lowest BCUT2D eigenvalue weighted by molar-refractivity contribution is -0.384. The zero-order valence-corrected chi connectivity index (χ0v) is 17.2. The normalized spacial score (nSPS) is 21.4. The first-order chi connectivity index (χ1) is 14.1. The van der Waals surface area contributed by atoms with E-state index in [-0.39, 0.29) is 41.4 Å². The number of nitro groups is 1. The maximum atomic E-state index is 12.6. The number of carbonyl (C=O) groups is 2. The van der Waals surface area contributed by atoms with Gasteiger partial charge in [0.2, 0.25) is 0 Å². The van der Waals surface area contributed by atoms with E-state index in [0.717, 1.165) is 5.69 Å². The van der Waals surface area contributed by atoms with Crippen molar-refractivity contribution in [1.82, 2.24) is 0 Å². The van der Waals surface area contributed by atoms with E-state index < -0.39 is 16.5 Å². The lowest BCUT2D eigenvalue weighted by Gasteiger charge is -2.51. The number of non-ortho nitro benzene ring substituents is 1. The van der Waals surface area contributed by atoms with E-state index in [2.05, 4.69) is 0 Å². The minimum Gasteiger partial charge on any atom is -0.512 e. The summed E-state index contributed by atoms with van der Waals surface area (Å²) in [4.78, 5) is 37.5. The van der Waals surface area contributed by atoms with Gasteiger partial charge < -0.3 is 10.0 Å². The molecule has 30 heavy (non-hydrogen) atoms. The second-order valence-corrected chi connectivity index (χ2v) is 7.93. The molecule has 2 unspecified atom stereocenters. The van der Waals surface area contributed by atoms with Crippen molar-refractivity contribution in [2.75, 3.05) is 4.90 Å². The molecule has 3 rings (SSSR count). The maximum absolute atomic E-state index is 12.6. The number of rotatable bonds is 6. The SMILES string of the molecule is CC(=O)CC1(C)CC(O)=C(C(C)=O)C(c2cccc([N+](=O)[O-])c2)N1c1ccccc1. The van der Waals surface area contributed by atoms with Crippen LogP contribution in [0, 0.1) is 10.1 Å². The number of nitrogens with zero attached hydrogens (tertiary/aromatic N) is 2. The van der Waals surface area contributed by atoms with Gasteiger partial charge in [-0.1, -0.05) is 30.3 Å². The van der Waals surface area contributed by atoms with Crippen molar-refractivity contribution in [3.8, 4) is 0 Å². The van der Waals surface area contributed by atoms with E-state index in [4.69, 9.17) is 0 Å². The van der Waals surface area contributed by atoms with Crippen LogP contribution in [-0.4, -0.2) is 27.1 Å². The molecule has 2 atom stereocenters. The Bertz CT molecular complexity index is 1030. The molecular weight excluding hydrogens is 384 g/mol. The predicted octanol–water partition coefficient (Wildman–Crippen LogP) is 4.69. The highest BCUT2D eigenvalue weighted by molar-refractivity contribution is 5.97. The van der Waals surface area contributed by atoms with Crippen LogP contribution in [-0.2, 0) is 9.59 Å². The molecule has 1 heterocycles. The Hall–Kier alpha value is -3.48. The third-order valence-corrected chi connectivity index (χ3v) is 5.41. The van der Waals surface area contributed by atoms with Gasteiger partial charge in [0.25, 0.3) is 5.69 Å². The van der Waals surface area contributed by atoms with Crippen molar-refractivity contribution in [1.29, 1.82) is 0 Å². The molecule has 0 saturated heterocycles. The standard InChI is InChI=1S/C23H24N2O5/c1-15(26)13-23(3)14-20(28)21(16(2)27)22(24(23)18-9-5-4-6-10-18)17-8-7-11-19(12-17)25(29)30/h4-12,22,28H,13-14H2,1-3H3. The Kier molecular flexibility index (Phi) is 5.73. The van der Waals surface area contributed by atoms with Crippen LogP contribution in [0.25, 0.3) is 0 Å². The van der Waals surface area contributed by atoms with Gasteiger partial charge in [-0.05, 0) is 38.5 Å². The molecule has 0 spiro atoms. The van der Waals surface area contributed by atoms with Crippen molar-refractivity contribution in [2.24, 2.45) is 0 Å². The van der Waals surface area contributed by atoms with Crippen LogP contribution in [0.3, 0.4) is 0 Å². The van der Waals surface area contributed by atoms with Gasteiger partial charge in [-0.3, -0.25) is 19.7 Å². The number of aliphatic hydroxyl groups excluding tert-OH is 1. The number of aliphatic hydroxyl groups is 1. The van der Waals surface area contributed by atoms with Crippen molar-refractivity contribution in [3.63, 3.8) is 0 Å². The largest absolute Gasteiger partial charge is 0.512 e. The summed E-state index contributed by atoms with van der Waals surface area (Å²) in [6.07, 6.45) is 0.254. The number of para-hydroxylation sites is 1. The number of nitro benzene ring substituents is 1. The fraction of sp³-hybridized carbons (Fsp3) is 0.304. The number of benzene rings is 2. The minimum absolute atomic E-state index is 0.0599. The number of anilines is 1. The Morgan fingerprint density at radius 1 is 1.17 bits per heavy atom. The molecule has 2 aromatic rings. The molecule has 2 aromatic carbocycles. The number of hydrogen-bond acceptors (Lipinski definition) is 6. The topological polar surface area (TPSA) is 101 Å². The van der Waals surface area contributed by atoms with Crippen LogP contribution in [0.1, 0.15) is 45.2 Å². The van der Waals surface area contributed by atoms with Gasteiger partial charge in [-0.25, -0.2) is 0 Å². The second kappa shape index (κ2) is 8.10. The van der Waals surface area contributed by atoms with Gasteiger partial charge >= 0.3 is 0 Å². The fourth-order valence-corrected chi connectivity index (χ4v) is 4.39. The van der Waals surface area contributed by atoms with Crippen LogP contribution in [0.5, 0.6) is 0 Å². The lowest BCUT2D eigenvalue weighted by Crippen LogP contribution is -2.54. The van der Waals surface area contributed by atoms with Crippen molar-refractivity contribution in [3.05, 3.63) is 81.6 Å². The summed E-state index contributed by atoms with van der Waals surface area (Å²) in [5.74, 6) is -0.472. The fourth-order valence-electron chi connectivity index (χ4n) is 4.39. The van der Waals surface area contributed by atoms with Crippen LogP contribution in [0.4, 0.5) is 11.4 Å². The van der Waals surface area contributed by atoms with E-state index >= 15 is 0 Å². The average Bonchev–Trinajstić information content (AvgIpc) is 2.66. The quantitative estimate of drug-likeness (QED) is 0.550. The van der Waals surface area contributed by atoms with Crippen molar-refractivity contribution in [2.45, 2.75) is 45.2 Å². The van der Waals surface area contributed by atoms with Crippen molar-refractivity contribution >= 4 is 22.9 Å². The number of ketones is 2. The highest BCUT2D eigenvalue weighted by Crippen LogP contribution is 2.47. The van der Waals surface area contributed by atoms with Crippen LogP contribution in [0.2, 0.25) is 0 Å². The van der Waals surface area contributed by atoms with Crippen LogP contribution in [0.15, 0.2) is 65.9 Å². The van der Waals surface area contributed by atoms with Gasteiger partial charge in [0.05, 0.1) is 22.1 Å². The first-order valence-electron chi connectivity index (χ1n) is 9.65. The zero-order valence-electron chi connectivity index (χ0n) is 17.2. The van der Waals surface area contributed by atoms with Gasteiger partial charge in [-0.2, -0.15) is 0 Å². The smallest absolute Gasteiger partial charge is 0.269 e. The molecule has 1 N–H and O–H groups in total. The van der Waals surface area contributed by atoms with Gasteiger partial charge in [0.15, 0.2) is 5.78 Å². The molecule has 0 aromatic heterocycles. The molecule has 0 fully saturated rings. The van der Waals surface area contributed by atoms with Crippen LogP contribution < -0.4 is 4.90 Å². The Balaban J connectivity index is 2.32. The summed E-state index contributed by atoms with van der Waals surface area (Å²) in [6.45, 7) is 4.71. The zero-order chi connectivity index (χ0) is 22.1. The van der Waals surface area contributed by atoms with Gasteiger partial charge in [-0.15, -0.1) is 0 Å². The maximum Gasteiger partial charge on any atom is 0.269 e. The highest BCUT2D eigenvalue weighted by atomic mass is 16.6. The van der Waals surface area contributed by atoms with E-state index in [1.165, 1.54) is 26.0 Å². The number of Topliss-reactive ketones (excluding diaryl/α,β-unsaturated/α-hetero) is 2. The molecular formula is C23H24N2O5. The van der Waals surface area contributed by atoms with E-state index in [1.54, 1.807) is 12.1 Å². The van der Waals surface area contributed by atoms with Gasteiger partial charge in [0, 0.05) is 30.7 Å². The monoisotopic (exact) mass is 408 g/mol. The molecule has 0 aliphatic carbocycles. The summed E-state index contributed by atoms with van der Waals surface area (Å²) >= 11 is 0. The molecule has 1 aliphatic rings. The van der Waals surface area contributed by atoms with Crippen molar-refractivity contribution < 1.29 is 19.6 Å². The van der Waals surface area contributed by atoms with Gasteiger partial charge in [0.1, 0.15) is 11.5 Å². The molecule has 156 valence electrons. The summed E-state index contributed by atoms with van der Waals surface area (Å²) < 4.78 is 0. The van der Waals surface area contributed by atoms with E-state index in [1.807, 2.05) is 42.2 Å². The third-order valence-electron chi connectivity index (χ3n) is 5.41. The minimum atomic E-state index is -0.828. The molecule has 0 radical (unpaired) electrons. The molecule has 0 saturated carbocycles. The predicted molar refractivity (Wildman–Crippen MR) is 113 cm³/mol. The summed E-state index contributed by atoms with van der Waals surface area (Å²) in [5.41, 5.74) is 0.497. The molecule has 1 aliphatic heterocycles. The van der Waals surface area contributed by atoms with E-state index in [9.17, 15) is 24.8 Å². The Labute approximate surface area is 174 Å². The van der Waals surface area contributed by atoms with E-state index in [0.29, 0.717) is 5.56 Å². The molecule has 0 bridgehead atoms. The van der Waals surface area contributed by atoms with Crippen LogP contribution >= 0.6 is 0 Å². The Morgan fingerprint density at radius 2 is 1.83 bits per heavy atom. The summed E-state index contributed by atoms with van der Waals surface area (Å²) in [5, 5.41) is 22.2. The third kappa shape index (κ3) is 3.96. The molecule has 7 nitrogen and oxygen atoms in total. The lowest BCUT2D eigenvalue weighted by atomic mass is 9.77. The number of carbonyl (C=O) groups excluding carboxylic acids is 2. The molecule has 7 heteroatoms.